The maximum absolute atomic E-state index is 12.3. The van der Waals surface area contributed by atoms with Gasteiger partial charge in [-0.05, 0) is 24.0 Å². The molecule has 0 radical (unpaired) electrons. The van der Waals surface area contributed by atoms with Crippen LogP contribution in [0.5, 0.6) is 0 Å². The van der Waals surface area contributed by atoms with Crippen molar-refractivity contribution in [1.82, 2.24) is 0 Å². The van der Waals surface area contributed by atoms with E-state index in [9.17, 15) is 8.78 Å². The van der Waals surface area contributed by atoms with Gasteiger partial charge in [0.1, 0.15) is 0 Å². The molecular formula is C11H13F2N. The summed E-state index contributed by atoms with van der Waals surface area (Å²) in [6.07, 6.45) is -1.11. The van der Waals surface area contributed by atoms with Crippen molar-refractivity contribution >= 4 is 0 Å². The van der Waals surface area contributed by atoms with Crippen molar-refractivity contribution in [3.8, 4) is 0 Å². The van der Waals surface area contributed by atoms with Crippen molar-refractivity contribution in [2.45, 2.75) is 31.2 Å². The minimum atomic E-state index is -2.33. The van der Waals surface area contributed by atoms with Crippen LogP contribution in [0.1, 0.15) is 24.0 Å². The Labute approximate surface area is 81.9 Å². The van der Waals surface area contributed by atoms with Crippen LogP contribution in [0.4, 0.5) is 8.78 Å². The summed E-state index contributed by atoms with van der Waals surface area (Å²) in [4.78, 5) is 0. The van der Waals surface area contributed by atoms with E-state index < -0.39 is 12.0 Å². The monoisotopic (exact) mass is 197 g/mol. The summed E-state index contributed by atoms with van der Waals surface area (Å²) in [5, 5.41) is 0. The highest BCUT2D eigenvalue weighted by Crippen LogP contribution is 2.38. The van der Waals surface area contributed by atoms with Crippen molar-refractivity contribution in [3.05, 3.63) is 35.4 Å². The van der Waals surface area contributed by atoms with Crippen molar-refractivity contribution in [1.29, 1.82) is 0 Å². The van der Waals surface area contributed by atoms with Gasteiger partial charge in [0.15, 0.2) is 0 Å². The molecule has 0 fully saturated rings. The molecule has 0 aromatic heterocycles. The minimum Gasteiger partial charge on any atom is -0.321 e. The average molecular weight is 197 g/mol. The lowest BCUT2D eigenvalue weighted by Gasteiger charge is -2.24. The van der Waals surface area contributed by atoms with Gasteiger partial charge >= 0.3 is 0 Å². The van der Waals surface area contributed by atoms with E-state index >= 15 is 0 Å². The molecule has 0 amide bonds. The van der Waals surface area contributed by atoms with Crippen LogP contribution in [0.3, 0.4) is 0 Å². The van der Waals surface area contributed by atoms with E-state index in [1.165, 1.54) is 0 Å². The van der Waals surface area contributed by atoms with Crippen LogP contribution in [0.15, 0.2) is 24.3 Å². The number of rotatable bonds is 2. The lowest BCUT2D eigenvalue weighted by molar-refractivity contribution is 0.104. The Kier molecular flexibility index (Phi) is 2.27. The summed E-state index contributed by atoms with van der Waals surface area (Å²) in [6.45, 7) is 0. The summed E-state index contributed by atoms with van der Waals surface area (Å²) in [6, 6.07) is 7.62. The molecule has 1 unspecified atom stereocenters. The SMILES string of the molecule is NC1(CC(F)F)CCc2ccccc21. The van der Waals surface area contributed by atoms with Gasteiger partial charge in [-0.2, -0.15) is 0 Å². The Balaban J connectivity index is 2.32. The van der Waals surface area contributed by atoms with Gasteiger partial charge in [-0.15, -0.1) is 0 Å². The Morgan fingerprint density at radius 2 is 2.07 bits per heavy atom. The van der Waals surface area contributed by atoms with E-state index in [0.717, 1.165) is 17.5 Å². The number of benzene rings is 1. The highest BCUT2D eigenvalue weighted by molar-refractivity contribution is 5.38. The van der Waals surface area contributed by atoms with Gasteiger partial charge in [-0.3, -0.25) is 0 Å². The maximum Gasteiger partial charge on any atom is 0.240 e. The molecule has 2 N–H and O–H groups in total. The van der Waals surface area contributed by atoms with Crippen molar-refractivity contribution in [2.75, 3.05) is 0 Å². The van der Waals surface area contributed by atoms with Crippen LogP contribution in [-0.4, -0.2) is 6.43 Å². The molecule has 0 aliphatic heterocycles. The molecule has 0 saturated heterocycles. The molecular weight excluding hydrogens is 184 g/mol. The fourth-order valence-electron chi connectivity index (χ4n) is 2.20. The van der Waals surface area contributed by atoms with Gasteiger partial charge in [0.2, 0.25) is 6.43 Å². The number of hydrogen-bond acceptors (Lipinski definition) is 1. The summed E-state index contributed by atoms with van der Waals surface area (Å²) in [5.41, 5.74) is 7.21. The summed E-state index contributed by atoms with van der Waals surface area (Å²) >= 11 is 0. The summed E-state index contributed by atoms with van der Waals surface area (Å²) < 4.78 is 24.7. The number of halogens is 2. The van der Waals surface area contributed by atoms with Crippen LogP contribution in [0, 0.1) is 0 Å². The third-order valence-corrected chi connectivity index (χ3v) is 2.91. The van der Waals surface area contributed by atoms with Gasteiger partial charge in [-0.1, -0.05) is 24.3 Å². The second kappa shape index (κ2) is 3.31. The standard InChI is InChI=1S/C11H13F2N/c12-10(13)7-11(14)6-5-8-3-1-2-4-9(8)11/h1-4,10H,5-7,14H2. The first-order chi connectivity index (χ1) is 6.62. The number of nitrogens with two attached hydrogens (primary N) is 1. The lowest BCUT2D eigenvalue weighted by Crippen LogP contribution is -2.36. The fourth-order valence-corrected chi connectivity index (χ4v) is 2.20. The molecule has 0 spiro atoms. The molecule has 1 atom stereocenters. The molecule has 1 aliphatic rings. The number of alkyl halides is 2. The normalized spacial score (nSPS) is 25.4. The predicted molar refractivity (Wildman–Crippen MR) is 51.2 cm³/mol. The Morgan fingerprint density at radius 3 is 2.79 bits per heavy atom. The minimum absolute atomic E-state index is 0.232. The zero-order chi connectivity index (χ0) is 10.2. The molecule has 3 heteroatoms. The second-order valence-electron chi connectivity index (χ2n) is 3.91. The molecule has 0 saturated carbocycles. The van der Waals surface area contributed by atoms with Gasteiger partial charge < -0.3 is 5.73 Å². The largest absolute Gasteiger partial charge is 0.321 e. The van der Waals surface area contributed by atoms with E-state index in [4.69, 9.17) is 5.73 Å². The smallest absolute Gasteiger partial charge is 0.240 e. The topological polar surface area (TPSA) is 26.0 Å². The lowest BCUT2D eigenvalue weighted by atomic mass is 9.90. The molecule has 1 aliphatic carbocycles. The van der Waals surface area contributed by atoms with Gasteiger partial charge in [0.05, 0.1) is 0 Å². The molecule has 1 aromatic carbocycles. The molecule has 1 nitrogen and oxygen atoms in total. The van der Waals surface area contributed by atoms with Crippen molar-refractivity contribution < 1.29 is 8.78 Å². The zero-order valence-electron chi connectivity index (χ0n) is 7.84. The number of aryl methyl sites for hydroxylation is 1. The molecule has 76 valence electrons. The molecule has 14 heavy (non-hydrogen) atoms. The quantitative estimate of drug-likeness (QED) is 0.774. The Morgan fingerprint density at radius 1 is 1.36 bits per heavy atom. The van der Waals surface area contributed by atoms with E-state index in [1.54, 1.807) is 0 Å². The van der Waals surface area contributed by atoms with Gasteiger partial charge in [0, 0.05) is 12.0 Å². The van der Waals surface area contributed by atoms with Crippen molar-refractivity contribution in [3.63, 3.8) is 0 Å². The number of fused-ring (bicyclic) bond motifs is 1. The maximum atomic E-state index is 12.3. The molecule has 0 heterocycles. The third-order valence-electron chi connectivity index (χ3n) is 2.91. The summed E-state index contributed by atoms with van der Waals surface area (Å²) in [5.74, 6) is 0. The first kappa shape index (κ1) is 9.59. The van der Waals surface area contributed by atoms with Gasteiger partial charge in [0.25, 0.3) is 0 Å². The van der Waals surface area contributed by atoms with Crippen LogP contribution in [0.25, 0.3) is 0 Å². The van der Waals surface area contributed by atoms with E-state index in [0.29, 0.717) is 6.42 Å². The van der Waals surface area contributed by atoms with E-state index in [-0.39, 0.29) is 6.42 Å². The molecule has 2 rings (SSSR count). The fraction of sp³-hybridized carbons (Fsp3) is 0.455. The highest BCUT2D eigenvalue weighted by Gasteiger charge is 2.36. The Bertz CT molecular complexity index is 338. The third kappa shape index (κ3) is 1.52. The molecule has 0 bridgehead atoms. The van der Waals surface area contributed by atoms with Crippen LogP contribution in [-0.2, 0) is 12.0 Å². The zero-order valence-corrected chi connectivity index (χ0v) is 7.84. The second-order valence-corrected chi connectivity index (χ2v) is 3.91. The first-order valence-corrected chi connectivity index (χ1v) is 4.77. The van der Waals surface area contributed by atoms with Crippen LogP contribution in [0.2, 0.25) is 0 Å². The first-order valence-electron chi connectivity index (χ1n) is 4.77. The van der Waals surface area contributed by atoms with Crippen LogP contribution >= 0.6 is 0 Å². The number of hydrogen-bond donors (Lipinski definition) is 1. The van der Waals surface area contributed by atoms with E-state index in [2.05, 4.69) is 0 Å². The van der Waals surface area contributed by atoms with Crippen molar-refractivity contribution in [2.24, 2.45) is 5.73 Å². The van der Waals surface area contributed by atoms with Gasteiger partial charge in [-0.25, -0.2) is 8.78 Å². The highest BCUT2D eigenvalue weighted by atomic mass is 19.3. The Hall–Kier alpha value is -0.960. The average Bonchev–Trinajstić information content (AvgIpc) is 2.44. The molecule has 1 aromatic rings. The summed E-state index contributed by atoms with van der Waals surface area (Å²) in [7, 11) is 0. The van der Waals surface area contributed by atoms with E-state index in [1.807, 2.05) is 24.3 Å². The predicted octanol–water partition coefficient (Wildman–Crippen LogP) is 2.44. The van der Waals surface area contributed by atoms with Crippen LogP contribution < -0.4 is 5.73 Å².